The van der Waals surface area contributed by atoms with Gasteiger partial charge in [0.05, 0.1) is 22.9 Å². The summed E-state index contributed by atoms with van der Waals surface area (Å²) in [5.74, 6) is 0.699. The Balaban J connectivity index is 2.60. The Labute approximate surface area is 124 Å². The number of rotatable bonds is 5. The van der Waals surface area contributed by atoms with Crippen molar-refractivity contribution >= 4 is 17.3 Å². The fourth-order valence-electron chi connectivity index (χ4n) is 2.63. The summed E-state index contributed by atoms with van der Waals surface area (Å²) in [6.07, 6.45) is 2.69. The smallest absolute Gasteiger partial charge is 0.147 e. The summed E-state index contributed by atoms with van der Waals surface area (Å²) in [6.45, 7) is 4.28. The Morgan fingerprint density at radius 3 is 2.70 bits per heavy atom. The molecule has 5 heteroatoms. The number of hydrogen-bond acceptors (Lipinski definition) is 4. The molecule has 0 atom stereocenters. The summed E-state index contributed by atoms with van der Waals surface area (Å²) in [7, 11) is 0. The average Bonchev–Trinajstić information content (AvgIpc) is 2.95. The summed E-state index contributed by atoms with van der Waals surface area (Å²) in [5.41, 5.74) is 2.13. The molecule has 1 aliphatic rings. The fraction of sp³-hybridized carbons (Fsp3) is 0.533. The van der Waals surface area contributed by atoms with Crippen molar-refractivity contribution in [3.05, 3.63) is 22.2 Å². The Morgan fingerprint density at radius 2 is 2.15 bits per heavy atom. The minimum absolute atomic E-state index is 0.0295. The molecule has 1 heterocycles. The SMILES string of the molecule is CCOc1c(CCO)cc(Cl)c(C#N)c1N1CCCC1. The van der Waals surface area contributed by atoms with E-state index in [4.69, 9.17) is 16.3 Å². The number of nitriles is 1. The van der Waals surface area contributed by atoms with Gasteiger partial charge in [-0.05, 0) is 32.3 Å². The minimum atomic E-state index is 0.0295. The van der Waals surface area contributed by atoms with Crippen LogP contribution in [0.25, 0.3) is 0 Å². The van der Waals surface area contributed by atoms with Gasteiger partial charge in [-0.3, -0.25) is 0 Å². The second-order valence-electron chi connectivity index (χ2n) is 4.78. The normalized spacial score (nSPS) is 14.4. The van der Waals surface area contributed by atoms with Gasteiger partial charge in [-0.1, -0.05) is 11.6 Å². The van der Waals surface area contributed by atoms with Gasteiger partial charge in [-0.25, -0.2) is 0 Å². The molecule has 0 radical (unpaired) electrons. The topological polar surface area (TPSA) is 56.5 Å². The van der Waals surface area contributed by atoms with Crippen molar-refractivity contribution in [3.63, 3.8) is 0 Å². The highest BCUT2D eigenvalue weighted by Gasteiger charge is 2.25. The summed E-state index contributed by atoms with van der Waals surface area (Å²) < 4.78 is 5.77. The Kier molecular flexibility index (Phi) is 5.11. The van der Waals surface area contributed by atoms with Crippen LogP contribution >= 0.6 is 11.6 Å². The molecular formula is C15H19ClN2O2. The van der Waals surface area contributed by atoms with E-state index in [1.54, 1.807) is 6.07 Å². The second-order valence-corrected chi connectivity index (χ2v) is 5.19. The number of aliphatic hydroxyl groups is 1. The van der Waals surface area contributed by atoms with E-state index in [9.17, 15) is 10.4 Å². The Morgan fingerprint density at radius 1 is 1.45 bits per heavy atom. The summed E-state index contributed by atoms with van der Waals surface area (Å²) in [5, 5.41) is 19.0. The predicted octanol–water partition coefficient (Wildman–Crippen LogP) is 2.75. The zero-order valence-electron chi connectivity index (χ0n) is 11.7. The van der Waals surface area contributed by atoms with Crippen LogP contribution in [0, 0.1) is 11.3 Å². The van der Waals surface area contributed by atoms with E-state index < -0.39 is 0 Å². The molecule has 0 saturated carbocycles. The lowest BCUT2D eigenvalue weighted by atomic mass is 10.0. The van der Waals surface area contributed by atoms with Crippen molar-refractivity contribution in [3.8, 4) is 11.8 Å². The van der Waals surface area contributed by atoms with Gasteiger partial charge in [0.1, 0.15) is 11.8 Å². The summed E-state index contributed by atoms with van der Waals surface area (Å²) in [6, 6.07) is 3.93. The Bertz CT molecular complexity index is 520. The third kappa shape index (κ3) is 2.84. The summed E-state index contributed by atoms with van der Waals surface area (Å²) in [4.78, 5) is 2.16. The third-order valence-electron chi connectivity index (χ3n) is 3.49. The zero-order valence-corrected chi connectivity index (χ0v) is 12.4. The molecule has 0 unspecified atom stereocenters. The van der Waals surface area contributed by atoms with E-state index >= 15 is 0 Å². The van der Waals surface area contributed by atoms with Gasteiger partial charge in [-0.15, -0.1) is 0 Å². The van der Waals surface area contributed by atoms with Crippen LogP contribution in [0.5, 0.6) is 5.75 Å². The van der Waals surface area contributed by atoms with E-state index in [-0.39, 0.29) is 6.61 Å². The van der Waals surface area contributed by atoms with Gasteiger partial charge in [-0.2, -0.15) is 5.26 Å². The number of hydrogen-bond donors (Lipinski definition) is 1. The van der Waals surface area contributed by atoms with Crippen LogP contribution in [0.1, 0.15) is 30.9 Å². The highest BCUT2D eigenvalue weighted by Crippen LogP contribution is 2.41. The van der Waals surface area contributed by atoms with Crippen LogP contribution in [0.4, 0.5) is 5.69 Å². The number of halogens is 1. The van der Waals surface area contributed by atoms with Gasteiger partial charge in [0, 0.05) is 25.3 Å². The highest BCUT2D eigenvalue weighted by molar-refractivity contribution is 6.32. The number of anilines is 1. The molecule has 1 aromatic rings. The number of nitrogens with zero attached hydrogens (tertiary/aromatic N) is 2. The van der Waals surface area contributed by atoms with Gasteiger partial charge < -0.3 is 14.7 Å². The number of benzene rings is 1. The number of ether oxygens (including phenoxy) is 1. The lowest BCUT2D eigenvalue weighted by Gasteiger charge is -2.25. The fourth-order valence-corrected chi connectivity index (χ4v) is 2.89. The van der Waals surface area contributed by atoms with E-state index in [2.05, 4.69) is 11.0 Å². The molecule has 0 spiro atoms. The molecule has 0 amide bonds. The first kappa shape index (κ1) is 15.0. The molecular weight excluding hydrogens is 276 g/mol. The van der Waals surface area contributed by atoms with Crippen molar-refractivity contribution in [2.24, 2.45) is 0 Å². The van der Waals surface area contributed by atoms with Crippen molar-refractivity contribution in [1.82, 2.24) is 0 Å². The second kappa shape index (κ2) is 6.83. The number of aliphatic hydroxyl groups excluding tert-OH is 1. The van der Waals surface area contributed by atoms with Gasteiger partial charge in [0.15, 0.2) is 0 Å². The van der Waals surface area contributed by atoms with Crippen LogP contribution in [0.15, 0.2) is 6.07 Å². The van der Waals surface area contributed by atoms with Crippen LogP contribution in [0.3, 0.4) is 0 Å². The maximum absolute atomic E-state index is 9.41. The van der Waals surface area contributed by atoms with Gasteiger partial charge >= 0.3 is 0 Å². The molecule has 108 valence electrons. The van der Waals surface area contributed by atoms with Gasteiger partial charge in [0.25, 0.3) is 0 Å². The molecule has 1 N–H and O–H groups in total. The van der Waals surface area contributed by atoms with E-state index in [0.717, 1.165) is 37.2 Å². The van der Waals surface area contributed by atoms with Crippen LogP contribution in [0.2, 0.25) is 5.02 Å². The van der Waals surface area contributed by atoms with Crippen molar-refractivity contribution < 1.29 is 9.84 Å². The zero-order chi connectivity index (χ0) is 14.5. The molecule has 20 heavy (non-hydrogen) atoms. The monoisotopic (exact) mass is 294 g/mol. The molecule has 0 bridgehead atoms. The average molecular weight is 295 g/mol. The lowest BCUT2D eigenvalue weighted by Crippen LogP contribution is -2.21. The van der Waals surface area contributed by atoms with E-state index in [0.29, 0.717) is 29.4 Å². The Hall–Kier alpha value is -1.44. The molecule has 0 aromatic heterocycles. The van der Waals surface area contributed by atoms with Crippen LogP contribution in [-0.2, 0) is 6.42 Å². The van der Waals surface area contributed by atoms with Crippen molar-refractivity contribution in [2.45, 2.75) is 26.2 Å². The first-order chi connectivity index (χ1) is 9.72. The van der Waals surface area contributed by atoms with E-state index in [1.165, 1.54) is 0 Å². The largest absolute Gasteiger partial charge is 0.491 e. The summed E-state index contributed by atoms with van der Waals surface area (Å²) >= 11 is 6.23. The predicted molar refractivity (Wildman–Crippen MR) is 79.6 cm³/mol. The quantitative estimate of drug-likeness (QED) is 0.907. The highest BCUT2D eigenvalue weighted by atomic mass is 35.5. The maximum Gasteiger partial charge on any atom is 0.147 e. The van der Waals surface area contributed by atoms with Crippen molar-refractivity contribution in [1.29, 1.82) is 5.26 Å². The molecule has 2 rings (SSSR count). The molecule has 1 aromatic carbocycles. The molecule has 4 nitrogen and oxygen atoms in total. The van der Waals surface area contributed by atoms with Crippen molar-refractivity contribution in [2.75, 3.05) is 31.2 Å². The lowest BCUT2D eigenvalue weighted by molar-refractivity contribution is 0.292. The standard InChI is InChI=1S/C15H19ClN2O2/c1-2-20-15-11(5-8-19)9-13(16)12(10-17)14(15)18-6-3-4-7-18/h9,19H,2-8H2,1H3. The minimum Gasteiger partial charge on any atom is -0.491 e. The van der Waals surface area contributed by atoms with Gasteiger partial charge in [0.2, 0.25) is 0 Å². The maximum atomic E-state index is 9.41. The first-order valence-electron chi connectivity index (χ1n) is 6.97. The third-order valence-corrected chi connectivity index (χ3v) is 3.79. The van der Waals surface area contributed by atoms with E-state index in [1.807, 2.05) is 6.92 Å². The molecule has 1 saturated heterocycles. The van der Waals surface area contributed by atoms with Crippen LogP contribution in [-0.4, -0.2) is 31.4 Å². The van der Waals surface area contributed by atoms with Crippen LogP contribution < -0.4 is 9.64 Å². The first-order valence-corrected chi connectivity index (χ1v) is 7.34. The molecule has 1 aliphatic heterocycles. The molecule has 1 fully saturated rings. The molecule has 0 aliphatic carbocycles.